The van der Waals surface area contributed by atoms with E-state index < -0.39 is 27.4 Å². The molecule has 0 heterocycles. The lowest BCUT2D eigenvalue weighted by Crippen LogP contribution is -2.49. The molecule has 1 aromatic carbocycles. The lowest BCUT2D eigenvalue weighted by molar-refractivity contribution is -0.143. The lowest BCUT2D eigenvalue weighted by Gasteiger charge is -2.21. The molecule has 3 N–H and O–H groups in total. The van der Waals surface area contributed by atoms with Gasteiger partial charge in [0, 0.05) is 19.2 Å². The number of methoxy groups -OCH3 is 1. The Morgan fingerprint density at radius 2 is 1.78 bits per heavy atom. The first-order chi connectivity index (χ1) is 10.6. The Bertz CT molecular complexity index is 667. The highest BCUT2D eigenvalue weighted by atomic mass is 32.2. The number of carbonyl (C=O) groups is 2. The second-order valence-electron chi connectivity index (χ2n) is 5.30. The average Bonchev–Trinajstić information content (AvgIpc) is 2.47. The minimum atomic E-state index is -3.68. The summed E-state index contributed by atoms with van der Waals surface area (Å²) in [6, 6.07) is 5.19. The van der Waals surface area contributed by atoms with Crippen LogP contribution in [0.1, 0.15) is 24.2 Å². The fourth-order valence-corrected chi connectivity index (χ4v) is 2.57. The van der Waals surface area contributed by atoms with Crippen LogP contribution in [0, 0.1) is 0 Å². The molecule has 8 nitrogen and oxygen atoms in total. The number of amides is 1. The number of rotatable bonds is 8. The van der Waals surface area contributed by atoms with Crippen molar-refractivity contribution in [2.45, 2.75) is 24.3 Å². The zero-order valence-corrected chi connectivity index (χ0v) is 13.9. The SMILES string of the molecule is COCCNS(=O)(=O)c1ccc(C(=O)NC(C)(C)C(=O)O)cc1. The van der Waals surface area contributed by atoms with Crippen LogP contribution in [-0.2, 0) is 19.6 Å². The maximum atomic E-state index is 12.0. The number of carboxylic acid groups (broad SMARTS) is 1. The molecule has 0 fully saturated rings. The van der Waals surface area contributed by atoms with Gasteiger partial charge in [-0.3, -0.25) is 4.79 Å². The highest BCUT2D eigenvalue weighted by Gasteiger charge is 2.29. The summed E-state index contributed by atoms with van der Waals surface area (Å²) >= 11 is 0. The Morgan fingerprint density at radius 1 is 1.22 bits per heavy atom. The van der Waals surface area contributed by atoms with Gasteiger partial charge in [0.25, 0.3) is 5.91 Å². The minimum Gasteiger partial charge on any atom is -0.480 e. The highest BCUT2D eigenvalue weighted by molar-refractivity contribution is 7.89. The van der Waals surface area contributed by atoms with Gasteiger partial charge in [-0.1, -0.05) is 0 Å². The van der Waals surface area contributed by atoms with Gasteiger partial charge in [0.2, 0.25) is 10.0 Å². The maximum absolute atomic E-state index is 12.0. The fraction of sp³-hybridized carbons (Fsp3) is 0.429. The third-order valence-corrected chi connectivity index (χ3v) is 4.46. The molecule has 0 saturated carbocycles. The van der Waals surface area contributed by atoms with Crippen molar-refractivity contribution >= 4 is 21.9 Å². The Morgan fingerprint density at radius 3 is 2.26 bits per heavy atom. The van der Waals surface area contributed by atoms with E-state index in [0.717, 1.165) is 0 Å². The first kappa shape index (κ1) is 19.1. The quantitative estimate of drug-likeness (QED) is 0.579. The van der Waals surface area contributed by atoms with Crippen molar-refractivity contribution in [2.24, 2.45) is 0 Å². The topological polar surface area (TPSA) is 122 Å². The molecule has 0 aliphatic heterocycles. The molecule has 0 unspecified atom stereocenters. The molecule has 0 bridgehead atoms. The van der Waals surface area contributed by atoms with Gasteiger partial charge in [0.15, 0.2) is 0 Å². The molecule has 23 heavy (non-hydrogen) atoms. The molecule has 0 aromatic heterocycles. The van der Waals surface area contributed by atoms with Gasteiger partial charge in [-0.2, -0.15) is 0 Å². The van der Waals surface area contributed by atoms with E-state index in [1.54, 1.807) is 0 Å². The average molecular weight is 344 g/mol. The Labute approximate surface area is 134 Å². The zero-order valence-electron chi connectivity index (χ0n) is 13.1. The van der Waals surface area contributed by atoms with E-state index in [9.17, 15) is 18.0 Å². The van der Waals surface area contributed by atoms with Crippen molar-refractivity contribution in [2.75, 3.05) is 20.3 Å². The molecule has 0 atom stereocenters. The smallest absolute Gasteiger partial charge is 0.328 e. The molecule has 0 spiro atoms. The van der Waals surface area contributed by atoms with Crippen molar-refractivity contribution < 1.29 is 27.9 Å². The molecule has 9 heteroatoms. The van der Waals surface area contributed by atoms with Gasteiger partial charge in [-0.05, 0) is 38.1 Å². The van der Waals surface area contributed by atoms with Crippen LogP contribution in [0.15, 0.2) is 29.2 Å². The molecule has 1 amide bonds. The van der Waals surface area contributed by atoms with E-state index in [0.29, 0.717) is 0 Å². The van der Waals surface area contributed by atoms with Crippen LogP contribution in [0.2, 0.25) is 0 Å². The molecule has 0 aliphatic carbocycles. The predicted octanol–water partition coefficient (Wildman–Crippen LogP) is 0.204. The Balaban J connectivity index is 2.84. The Hall–Kier alpha value is -1.97. The van der Waals surface area contributed by atoms with Crippen molar-refractivity contribution in [3.8, 4) is 0 Å². The first-order valence-electron chi connectivity index (χ1n) is 6.75. The molecule has 0 aliphatic rings. The molecule has 1 rings (SSSR count). The normalized spacial score (nSPS) is 12.0. The summed E-state index contributed by atoms with van der Waals surface area (Å²) in [4.78, 5) is 23.0. The van der Waals surface area contributed by atoms with E-state index in [4.69, 9.17) is 9.84 Å². The summed E-state index contributed by atoms with van der Waals surface area (Å²) in [5.74, 6) is -1.78. The van der Waals surface area contributed by atoms with Crippen molar-refractivity contribution in [3.05, 3.63) is 29.8 Å². The summed E-state index contributed by atoms with van der Waals surface area (Å²) in [6.45, 7) is 3.08. The summed E-state index contributed by atoms with van der Waals surface area (Å²) in [6.07, 6.45) is 0. The number of nitrogens with one attached hydrogen (secondary N) is 2. The second-order valence-corrected chi connectivity index (χ2v) is 7.07. The highest BCUT2D eigenvalue weighted by Crippen LogP contribution is 2.12. The number of ether oxygens (including phenoxy) is 1. The van der Waals surface area contributed by atoms with Crippen LogP contribution in [0.4, 0.5) is 0 Å². The van der Waals surface area contributed by atoms with Gasteiger partial charge < -0.3 is 15.2 Å². The number of carbonyl (C=O) groups excluding carboxylic acids is 1. The number of benzene rings is 1. The molecule has 1 aromatic rings. The van der Waals surface area contributed by atoms with E-state index in [1.165, 1.54) is 45.2 Å². The van der Waals surface area contributed by atoms with Crippen LogP contribution < -0.4 is 10.0 Å². The molecular formula is C14H20N2O6S. The summed E-state index contributed by atoms with van der Waals surface area (Å²) in [7, 11) is -2.22. The number of hydrogen-bond donors (Lipinski definition) is 3. The number of hydrogen-bond acceptors (Lipinski definition) is 5. The monoisotopic (exact) mass is 344 g/mol. The van der Waals surface area contributed by atoms with E-state index in [1.807, 2.05) is 0 Å². The fourth-order valence-electron chi connectivity index (χ4n) is 1.56. The van der Waals surface area contributed by atoms with Crippen LogP contribution in [0.5, 0.6) is 0 Å². The van der Waals surface area contributed by atoms with Crippen LogP contribution in [-0.4, -0.2) is 51.2 Å². The molecule has 0 radical (unpaired) electrons. The van der Waals surface area contributed by atoms with Crippen LogP contribution >= 0.6 is 0 Å². The molecular weight excluding hydrogens is 324 g/mol. The van der Waals surface area contributed by atoms with E-state index in [-0.39, 0.29) is 23.6 Å². The number of sulfonamides is 1. The standard InChI is InChI=1S/C14H20N2O6S/c1-14(2,13(18)19)16-12(17)10-4-6-11(7-5-10)23(20,21)15-8-9-22-3/h4-7,15H,8-9H2,1-3H3,(H,16,17)(H,18,19). The zero-order chi connectivity index (χ0) is 17.7. The lowest BCUT2D eigenvalue weighted by atomic mass is 10.1. The van der Waals surface area contributed by atoms with Gasteiger partial charge in [0.05, 0.1) is 11.5 Å². The first-order valence-corrected chi connectivity index (χ1v) is 8.23. The minimum absolute atomic E-state index is 0.00245. The van der Waals surface area contributed by atoms with Gasteiger partial charge in [-0.25, -0.2) is 17.9 Å². The summed E-state index contributed by atoms with van der Waals surface area (Å²) in [5, 5.41) is 11.3. The van der Waals surface area contributed by atoms with E-state index in [2.05, 4.69) is 10.0 Å². The molecule has 0 saturated heterocycles. The maximum Gasteiger partial charge on any atom is 0.328 e. The Kier molecular flexibility index (Phi) is 6.25. The van der Waals surface area contributed by atoms with Crippen molar-refractivity contribution in [1.82, 2.24) is 10.0 Å². The van der Waals surface area contributed by atoms with Crippen LogP contribution in [0.3, 0.4) is 0 Å². The van der Waals surface area contributed by atoms with Gasteiger partial charge in [-0.15, -0.1) is 0 Å². The second kappa shape index (κ2) is 7.53. The third kappa shape index (κ3) is 5.31. The number of carboxylic acids is 1. The largest absolute Gasteiger partial charge is 0.480 e. The third-order valence-electron chi connectivity index (χ3n) is 2.99. The number of aliphatic carboxylic acids is 1. The summed E-state index contributed by atoms with van der Waals surface area (Å²) in [5.41, 5.74) is -1.26. The summed E-state index contributed by atoms with van der Waals surface area (Å²) < 4.78 is 31.0. The predicted molar refractivity (Wildman–Crippen MR) is 82.7 cm³/mol. The van der Waals surface area contributed by atoms with Crippen LogP contribution in [0.25, 0.3) is 0 Å². The van der Waals surface area contributed by atoms with Crippen molar-refractivity contribution in [1.29, 1.82) is 0 Å². The molecule has 128 valence electrons. The van der Waals surface area contributed by atoms with Crippen molar-refractivity contribution in [3.63, 3.8) is 0 Å². The van der Waals surface area contributed by atoms with E-state index >= 15 is 0 Å². The van der Waals surface area contributed by atoms with Gasteiger partial charge in [0.1, 0.15) is 5.54 Å². The van der Waals surface area contributed by atoms with Gasteiger partial charge >= 0.3 is 5.97 Å².